The minimum absolute atomic E-state index is 0.00795. The Balaban J connectivity index is 2.62. The van der Waals surface area contributed by atoms with Gasteiger partial charge in [0.15, 0.2) is 0 Å². The van der Waals surface area contributed by atoms with Crippen molar-refractivity contribution in [2.45, 2.75) is 13.8 Å². The number of hydrogen-bond acceptors (Lipinski definition) is 4. The molecule has 0 spiro atoms. The zero-order chi connectivity index (χ0) is 14.4. The monoisotopic (exact) mass is 265 g/mol. The fourth-order valence-electron chi connectivity index (χ4n) is 1.68. The number of carbonyl (C=O) groups is 1. The number of carbonyl (C=O) groups excluding carboxylic acids is 1. The first kappa shape index (κ1) is 15.1. The highest BCUT2D eigenvalue weighted by Crippen LogP contribution is 2.26. The molecule has 106 valence electrons. The molecule has 5 heteroatoms. The topological polar surface area (TPSA) is 67.6 Å². The van der Waals surface area contributed by atoms with Gasteiger partial charge < -0.3 is 20.7 Å². The van der Waals surface area contributed by atoms with E-state index in [4.69, 9.17) is 10.5 Å². The molecule has 0 heterocycles. The van der Waals surface area contributed by atoms with Crippen molar-refractivity contribution in [1.82, 2.24) is 5.32 Å². The van der Waals surface area contributed by atoms with Crippen LogP contribution in [0.2, 0.25) is 0 Å². The summed E-state index contributed by atoms with van der Waals surface area (Å²) in [4.78, 5) is 13.6. The molecule has 0 aliphatic rings. The summed E-state index contributed by atoms with van der Waals surface area (Å²) >= 11 is 0. The smallest absolute Gasteiger partial charge is 0.239 e. The number of methoxy groups -OCH3 is 1. The number of ether oxygens (including phenoxy) is 1. The van der Waals surface area contributed by atoms with E-state index >= 15 is 0 Å². The summed E-state index contributed by atoms with van der Waals surface area (Å²) in [6.45, 7) is 5.09. The van der Waals surface area contributed by atoms with Crippen molar-refractivity contribution in [3.8, 4) is 5.75 Å². The lowest BCUT2D eigenvalue weighted by Crippen LogP contribution is -2.37. The summed E-state index contributed by atoms with van der Waals surface area (Å²) < 4.78 is 5.10. The number of benzene rings is 1. The molecule has 0 radical (unpaired) electrons. The Hall–Kier alpha value is -1.91. The zero-order valence-electron chi connectivity index (χ0n) is 12.1. The molecule has 0 aliphatic carbocycles. The number of hydrogen-bond donors (Lipinski definition) is 2. The summed E-state index contributed by atoms with van der Waals surface area (Å²) in [6, 6.07) is 5.43. The molecular formula is C14H23N3O2. The Morgan fingerprint density at radius 2 is 2.16 bits per heavy atom. The van der Waals surface area contributed by atoms with Gasteiger partial charge in [-0.2, -0.15) is 0 Å². The quantitative estimate of drug-likeness (QED) is 0.765. The van der Waals surface area contributed by atoms with Gasteiger partial charge in [-0.25, -0.2) is 0 Å². The third-order valence-corrected chi connectivity index (χ3v) is 2.73. The Bertz CT molecular complexity index is 433. The van der Waals surface area contributed by atoms with Gasteiger partial charge in [-0.3, -0.25) is 4.79 Å². The van der Waals surface area contributed by atoms with Crippen molar-refractivity contribution in [3.63, 3.8) is 0 Å². The molecule has 0 aliphatic heterocycles. The highest BCUT2D eigenvalue weighted by atomic mass is 16.5. The molecular weight excluding hydrogens is 242 g/mol. The highest BCUT2D eigenvalue weighted by Gasteiger charge is 2.10. The summed E-state index contributed by atoms with van der Waals surface area (Å²) in [5.41, 5.74) is 7.36. The van der Waals surface area contributed by atoms with Crippen LogP contribution in [0.4, 0.5) is 11.4 Å². The van der Waals surface area contributed by atoms with Gasteiger partial charge in [0.1, 0.15) is 5.75 Å². The van der Waals surface area contributed by atoms with E-state index in [1.54, 1.807) is 13.2 Å². The van der Waals surface area contributed by atoms with Crippen LogP contribution in [-0.4, -0.2) is 33.2 Å². The van der Waals surface area contributed by atoms with Gasteiger partial charge >= 0.3 is 0 Å². The standard InChI is InChI=1S/C14H23N3O2/c1-10(2)8-16-14(18)9-17(3)13-6-5-11(19-4)7-12(13)15/h5-7,10H,8-9,15H2,1-4H3,(H,16,18). The second kappa shape index (κ2) is 6.87. The van der Waals surface area contributed by atoms with Crippen LogP contribution in [0.1, 0.15) is 13.8 Å². The number of likely N-dealkylation sites (N-methyl/N-ethyl adjacent to an activating group) is 1. The maximum Gasteiger partial charge on any atom is 0.239 e. The predicted molar refractivity (Wildman–Crippen MR) is 78.5 cm³/mol. The lowest BCUT2D eigenvalue weighted by molar-refractivity contribution is -0.119. The minimum atomic E-state index is -0.00795. The molecule has 0 atom stereocenters. The van der Waals surface area contributed by atoms with Crippen LogP contribution in [0.5, 0.6) is 5.75 Å². The van der Waals surface area contributed by atoms with Crippen LogP contribution in [-0.2, 0) is 4.79 Å². The lowest BCUT2D eigenvalue weighted by atomic mass is 10.2. The number of nitrogens with zero attached hydrogens (tertiary/aromatic N) is 1. The molecule has 0 saturated carbocycles. The molecule has 1 amide bonds. The van der Waals surface area contributed by atoms with Crippen molar-refractivity contribution >= 4 is 17.3 Å². The largest absolute Gasteiger partial charge is 0.497 e. The van der Waals surface area contributed by atoms with E-state index in [2.05, 4.69) is 19.2 Å². The van der Waals surface area contributed by atoms with E-state index in [0.717, 1.165) is 5.69 Å². The van der Waals surface area contributed by atoms with Crippen LogP contribution in [0.15, 0.2) is 18.2 Å². The first-order chi connectivity index (χ1) is 8.93. The summed E-state index contributed by atoms with van der Waals surface area (Å²) in [5, 5.41) is 2.88. The van der Waals surface area contributed by atoms with Crippen LogP contribution in [0.3, 0.4) is 0 Å². The van der Waals surface area contributed by atoms with Gasteiger partial charge in [0.25, 0.3) is 0 Å². The number of nitrogen functional groups attached to an aromatic ring is 1. The fraction of sp³-hybridized carbons (Fsp3) is 0.500. The van der Waals surface area contributed by atoms with Gasteiger partial charge in [0.2, 0.25) is 5.91 Å². The maximum atomic E-state index is 11.7. The number of amides is 1. The Kier molecular flexibility index (Phi) is 5.48. The molecule has 0 unspecified atom stereocenters. The third kappa shape index (κ3) is 4.69. The zero-order valence-corrected chi connectivity index (χ0v) is 12.1. The second-order valence-corrected chi connectivity index (χ2v) is 4.98. The molecule has 19 heavy (non-hydrogen) atoms. The molecule has 0 saturated heterocycles. The Morgan fingerprint density at radius 1 is 1.47 bits per heavy atom. The SMILES string of the molecule is COc1ccc(N(C)CC(=O)NCC(C)C)c(N)c1. The molecule has 1 aromatic carbocycles. The van der Waals surface area contributed by atoms with Gasteiger partial charge in [0.05, 0.1) is 25.0 Å². The van der Waals surface area contributed by atoms with E-state index in [1.165, 1.54) is 0 Å². The minimum Gasteiger partial charge on any atom is -0.497 e. The first-order valence-corrected chi connectivity index (χ1v) is 6.35. The van der Waals surface area contributed by atoms with Crippen molar-refractivity contribution in [3.05, 3.63) is 18.2 Å². The van der Waals surface area contributed by atoms with Crippen LogP contribution in [0.25, 0.3) is 0 Å². The van der Waals surface area contributed by atoms with Crippen LogP contribution < -0.4 is 20.7 Å². The van der Waals surface area contributed by atoms with Gasteiger partial charge in [0, 0.05) is 19.7 Å². The van der Waals surface area contributed by atoms with Crippen molar-refractivity contribution < 1.29 is 9.53 Å². The molecule has 0 fully saturated rings. The Labute approximate surface area is 114 Å². The molecule has 5 nitrogen and oxygen atoms in total. The predicted octanol–water partition coefficient (Wildman–Crippen LogP) is 1.49. The molecule has 1 rings (SSSR count). The van der Waals surface area contributed by atoms with Gasteiger partial charge in [-0.05, 0) is 18.1 Å². The van der Waals surface area contributed by atoms with E-state index in [1.807, 2.05) is 24.1 Å². The lowest BCUT2D eigenvalue weighted by Gasteiger charge is -2.21. The highest BCUT2D eigenvalue weighted by molar-refractivity contribution is 5.83. The van der Waals surface area contributed by atoms with Crippen LogP contribution in [0, 0.1) is 5.92 Å². The third-order valence-electron chi connectivity index (χ3n) is 2.73. The maximum absolute atomic E-state index is 11.7. The number of rotatable bonds is 6. The molecule has 0 bridgehead atoms. The van der Waals surface area contributed by atoms with E-state index in [9.17, 15) is 4.79 Å². The number of anilines is 2. The molecule has 0 aromatic heterocycles. The summed E-state index contributed by atoms with van der Waals surface area (Å²) in [6.07, 6.45) is 0. The summed E-state index contributed by atoms with van der Waals surface area (Å²) in [7, 11) is 3.44. The molecule has 1 aromatic rings. The van der Waals surface area contributed by atoms with E-state index in [-0.39, 0.29) is 12.5 Å². The Morgan fingerprint density at radius 3 is 2.68 bits per heavy atom. The average Bonchev–Trinajstić information content (AvgIpc) is 2.35. The second-order valence-electron chi connectivity index (χ2n) is 4.98. The van der Waals surface area contributed by atoms with Gasteiger partial charge in [-0.15, -0.1) is 0 Å². The first-order valence-electron chi connectivity index (χ1n) is 6.35. The summed E-state index contributed by atoms with van der Waals surface area (Å²) in [5.74, 6) is 1.14. The van der Waals surface area contributed by atoms with Crippen molar-refractivity contribution in [2.24, 2.45) is 5.92 Å². The molecule has 3 N–H and O–H groups in total. The van der Waals surface area contributed by atoms with Gasteiger partial charge in [-0.1, -0.05) is 13.8 Å². The van der Waals surface area contributed by atoms with Crippen molar-refractivity contribution in [2.75, 3.05) is 37.9 Å². The average molecular weight is 265 g/mol. The van der Waals surface area contributed by atoms with E-state index in [0.29, 0.717) is 23.9 Å². The number of nitrogens with one attached hydrogen (secondary N) is 1. The van der Waals surface area contributed by atoms with Crippen molar-refractivity contribution in [1.29, 1.82) is 0 Å². The number of nitrogens with two attached hydrogens (primary N) is 1. The van der Waals surface area contributed by atoms with E-state index < -0.39 is 0 Å². The fourth-order valence-corrected chi connectivity index (χ4v) is 1.68. The van der Waals surface area contributed by atoms with Crippen LogP contribution >= 0.6 is 0 Å². The normalized spacial score (nSPS) is 10.4.